The van der Waals surface area contributed by atoms with E-state index in [4.69, 9.17) is 0 Å². The normalized spacial score (nSPS) is 23.3. The number of hydrogen-bond donors (Lipinski definition) is 2. The maximum Gasteiger partial charge on any atom is 0.220 e. The van der Waals surface area contributed by atoms with Gasteiger partial charge in [-0.15, -0.1) is 11.3 Å². The standard InChI is InChI=1S/C15H24N2OS/c1-11-8-9-13(19-11)5-3-7-15(18)17-14-6-4-10-16-12(14)2/h8-9,12,14,16H,3-7,10H2,1-2H3,(H,17,18). The van der Waals surface area contributed by atoms with Gasteiger partial charge in [-0.3, -0.25) is 4.79 Å². The Labute approximate surface area is 119 Å². The fourth-order valence-electron chi connectivity index (χ4n) is 2.56. The van der Waals surface area contributed by atoms with Gasteiger partial charge in [-0.1, -0.05) is 0 Å². The van der Waals surface area contributed by atoms with Gasteiger partial charge in [-0.05, 0) is 58.2 Å². The zero-order valence-corrected chi connectivity index (χ0v) is 12.7. The van der Waals surface area contributed by atoms with Crippen molar-refractivity contribution in [1.29, 1.82) is 0 Å². The van der Waals surface area contributed by atoms with Crippen molar-refractivity contribution in [3.63, 3.8) is 0 Å². The Morgan fingerprint density at radius 3 is 3.05 bits per heavy atom. The van der Waals surface area contributed by atoms with Gasteiger partial charge in [0.15, 0.2) is 0 Å². The first-order valence-corrected chi connectivity index (χ1v) is 8.05. The van der Waals surface area contributed by atoms with Crippen LogP contribution in [0.2, 0.25) is 0 Å². The Balaban J connectivity index is 1.66. The molecule has 106 valence electrons. The summed E-state index contributed by atoms with van der Waals surface area (Å²) in [4.78, 5) is 14.7. The molecule has 1 saturated heterocycles. The number of carbonyl (C=O) groups excluding carboxylic acids is 1. The van der Waals surface area contributed by atoms with Crippen LogP contribution in [0.15, 0.2) is 12.1 Å². The predicted molar refractivity (Wildman–Crippen MR) is 80.6 cm³/mol. The number of piperidine rings is 1. The van der Waals surface area contributed by atoms with E-state index in [-0.39, 0.29) is 5.91 Å². The monoisotopic (exact) mass is 280 g/mol. The lowest BCUT2D eigenvalue weighted by Crippen LogP contribution is -2.51. The second-order valence-electron chi connectivity index (χ2n) is 5.42. The van der Waals surface area contributed by atoms with Crippen molar-refractivity contribution in [2.75, 3.05) is 6.54 Å². The number of hydrogen-bond acceptors (Lipinski definition) is 3. The van der Waals surface area contributed by atoms with Crippen molar-refractivity contribution in [3.05, 3.63) is 21.9 Å². The number of nitrogens with one attached hydrogen (secondary N) is 2. The van der Waals surface area contributed by atoms with Crippen LogP contribution in [-0.4, -0.2) is 24.5 Å². The Kier molecular flexibility index (Phi) is 5.40. The molecule has 4 heteroatoms. The summed E-state index contributed by atoms with van der Waals surface area (Å²) >= 11 is 1.83. The van der Waals surface area contributed by atoms with Gasteiger partial charge in [0, 0.05) is 28.3 Å². The molecule has 1 aromatic heterocycles. The van der Waals surface area contributed by atoms with Gasteiger partial charge in [-0.2, -0.15) is 0 Å². The minimum absolute atomic E-state index is 0.203. The Bertz CT molecular complexity index is 416. The van der Waals surface area contributed by atoms with E-state index < -0.39 is 0 Å². The SMILES string of the molecule is Cc1ccc(CCCC(=O)NC2CCCNC2C)s1. The lowest BCUT2D eigenvalue weighted by molar-refractivity contribution is -0.122. The number of carbonyl (C=O) groups is 1. The van der Waals surface area contributed by atoms with Crippen LogP contribution in [-0.2, 0) is 11.2 Å². The van der Waals surface area contributed by atoms with Gasteiger partial charge in [-0.25, -0.2) is 0 Å². The molecular weight excluding hydrogens is 256 g/mol. The highest BCUT2D eigenvalue weighted by molar-refractivity contribution is 7.11. The molecule has 0 spiro atoms. The van der Waals surface area contributed by atoms with Gasteiger partial charge in [0.2, 0.25) is 5.91 Å². The molecule has 0 bridgehead atoms. The molecule has 2 heterocycles. The molecule has 1 fully saturated rings. The van der Waals surface area contributed by atoms with Crippen molar-refractivity contribution in [3.8, 4) is 0 Å². The fourth-order valence-corrected chi connectivity index (χ4v) is 3.49. The molecule has 2 N–H and O–H groups in total. The average Bonchev–Trinajstić information content (AvgIpc) is 2.78. The summed E-state index contributed by atoms with van der Waals surface area (Å²) in [5, 5.41) is 6.57. The van der Waals surface area contributed by atoms with Gasteiger partial charge >= 0.3 is 0 Å². The number of aryl methyl sites for hydroxylation is 2. The first-order chi connectivity index (χ1) is 9.15. The number of thiophene rings is 1. The van der Waals surface area contributed by atoms with Crippen LogP contribution in [0.5, 0.6) is 0 Å². The van der Waals surface area contributed by atoms with E-state index in [0.717, 1.165) is 32.2 Å². The van der Waals surface area contributed by atoms with E-state index in [1.165, 1.54) is 9.75 Å². The van der Waals surface area contributed by atoms with E-state index in [9.17, 15) is 4.79 Å². The summed E-state index contributed by atoms with van der Waals surface area (Å²) in [6.07, 6.45) is 4.86. The van der Waals surface area contributed by atoms with Crippen LogP contribution in [0, 0.1) is 6.92 Å². The quantitative estimate of drug-likeness (QED) is 0.870. The Morgan fingerprint density at radius 2 is 2.37 bits per heavy atom. The highest BCUT2D eigenvalue weighted by Gasteiger charge is 2.21. The molecule has 2 unspecified atom stereocenters. The molecule has 19 heavy (non-hydrogen) atoms. The van der Waals surface area contributed by atoms with Crippen LogP contribution >= 0.6 is 11.3 Å². The Hall–Kier alpha value is -0.870. The van der Waals surface area contributed by atoms with Crippen molar-refractivity contribution < 1.29 is 4.79 Å². The maximum absolute atomic E-state index is 11.9. The van der Waals surface area contributed by atoms with E-state index in [1.807, 2.05) is 11.3 Å². The molecule has 0 saturated carbocycles. The minimum Gasteiger partial charge on any atom is -0.352 e. The molecule has 0 aliphatic carbocycles. The van der Waals surface area contributed by atoms with E-state index in [1.54, 1.807) is 0 Å². The molecule has 2 rings (SSSR count). The fraction of sp³-hybridized carbons (Fsp3) is 0.667. The first-order valence-electron chi connectivity index (χ1n) is 7.23. The summed E-state index contributed by atoms with van der Waals surface area (Å²) in [7, 11) is 0. The van der Waals surface area contributed by atoms with Crippen LogP contribution in [0.25, 0.3) is 0 Å². The van der Waals surface area contributed by atoms with Crippen molar-refractivity contribution in [1.82, 2.24) is 10.6 Å². The summed E-state index contributed by atoms with van der Waals surface area (Å²) < 4.78 is 0. The lowest BCUT2D eigenvalue weighted by atomic mass is 9.99. The molecular formula is C15H24N2OS. The average molecular weight is 280 g/mol. The third-order valence-corrected chi connectivity index (χ3v) is 4.79. The van der Waals surface area contributed by atoms with E-state index in [0.29, 0.717) is 18.5 Å². The highest BCUT2D eigenvalue weighted by atomic mass is 32.1. The maximum atomic E-state index is 11.9. The summed E-state index contributed by atoms with van der Waals surface area (Å²) in [5.74, 6) is 0.203. The van der Waals surface area contributed by atoms with Crippen molar-refractivity contribution in [2.24, 2.45) is 0 Å². The predicted octanol–water partition coefficient (Wildman–Crippen LogP) is 2.64. The minimum atomic E-state index is 0.203. The lowest BCUT2D eigenvalue weighted by Gasteiger charge is -2.30. The highest BCUT2D eigenvalue weighted by Crippen LogP contribution is 2.17. The summed E-state index contributed by atoms with van der Waals surface area (Å²) in [6.45, 7) is 5.35. The number of rotatable bonds is 5. The van der Waals surface area contributed by atoms with Crippen LogP contribution in [0.3, 0.4) is 0 Å². The molecule has 1 aliphatic rings. The van der Waals surface area contributed by atoms with E-state index in [2.05, 4.69) is 36.6 Å². The third-order valence-electron chi connectivity index (χ3n) is 3.73. The van der Waals surface area contributed by atoms with Gasteiger partial charge < -0.3 is 10.6 Å². The first kappa shape index (κ1) is 14.5. The smallest absolute Gasteiger partial charge is 0.220 e. The van der Waals surface area contributed by atoms with E-state index >= 15 is 0 Å². The molecule has 1 aliphatic heterocycles. The summed E-state index contributed by atoms with van der Waals surface area (Å²) in [5.41, 5.74) is 0. The van der Waals surface area contributed by atoms with Crippen LogP contribution in [0.1, 0.15) is 42.4 Å². The molecule has 0 radical (unpaired) electrons. The second-order valence-corrected chi connectivity index (χ2v) is 6.80. The molecule has 0 aromatic carbocycles. The summed E-state index contributed by atoms with van der Waals surface area (Å²) in [6, 6.07) is 5.03. The second kappa shape index (κ2) is 7.06. The zero-order chi connectivity index (χ0) is 13.7. The van der Waals surface area contributed by atoms with Crippen molar-refractivity contribution >= 4 is 17.2 Å². The molecule has 1 aromatic rings. The molecule has 3 nitrogen and oxygen atoms in total. The van der Waals surface area contributed by atoms with Gasteiger partial charge in [0.1, 0.15) is 0 Å². The van der Waals surface area contributed by atoms with Gasteiger partial charge in [0.25, 0.3) is 0 Å². The third kappa shape index (κ3) is 4.62. The molecule has 1 amide bonds. The van der Waals surface area contributed by atoms with Crippen LogP contribution in [0.4, 0.5) is 0 Å². The van der Waals surface area contributed by atoms with Crippen molar-refractivity contribution in [2.45, 2.75) is 58.0 Å². The topological polar surface area (TPSA) is 41.1 Å². The Morgan fingerprint density at radius 1 is 1.53 bits per heavy atom. The molecule has 2 atom stereocenters. The largest absolute Gasteiger partial charge is 0.352 e. The van der Waals surface area contributed by atoms with Crippen LogP contribution < -0.4 is 10.6 Å². The van der Waals surface area contributed by atoms with Gasteiger partial charge in [0.05, 0.1) is 0 Å². The zero-order valence-electron chi connectivity index (χ0n) is 11.9. The number of amides is 1.